The summed E-state index contributed by atoms with van der Waals surface area (Å²) in [5, 5.41) is 82.1. The van der Waals surface area contributed by atoms with Gasteiger partial charge in [0, 0.05) is 12.1 Å². The first-order valence-corrected chi connectivity index (χ1v) is 11.4. The molecule has 16 nitrogen and oxygen atoms in total. The van der Waals surface area contributed by atoms with Gasteiger partial charge in [-0.2, -0.15) is 0 Å². The second-order valence-electron chi connectivity index (χ2n) is 9.48. The zero-order valence-corrected chi connectivity index (χ0v) is 18.6. The zero-order valence-electron chi connectivity index (χ0n) is 18.6. The van der Waals surface area contributed by atoms with E-state index in [4.69, 9.17) is 40.9 Å². The topological polar surface area (TPSA) is 286 Å². The predicted molar refractivity (Wildman–Crippen MR) is 110 cm³/mol. The molecule has 0 aromatic heterocycles. The molecule has 1 aliphatic carbocycles. The average Bonchev–Trinajstić information content (AvgIpc) is 3.23. The van der Waals surface area contributed by atoms with Crippen molar-refractivity contribution in [1.82, 2.24) is 0 Å². The first kappa shape index (κ1) is 27.4. The Hall–Kier alpha value is -0.640. The quantitative estimate of drug-likeness (QED) is 0.163. The van der Waals surface area contributed by atoms with Gasteiger partial charge in [-0.1, -0.05) is 0 Å². The van der Waals surface area contributed by atoms with Crippen LogP contribution in [0.25, 0.3) is 0 Å². The molecule has 3 saturated heterocycles. The molecule has 14 N–H and O–H groups in total. The van der Waals surface area contributed by atoms with E-state index in [-0.39, 0.29) is 6.42 Å². The van der Waals surface area contributed by atoms with Crippen molar-refractivity contribution in [2.45, 2.75) is 104 Å². The summed E-state index contributed by atoms with van der Waals surface area (Å²) >= 11 is 0. The van der Waals surface area contributed by atoms with Crippen molar-refractivity contribution < 1.29 is 64.5 Å². The average molecular weight is 513 g/mol. The highest BCUT2D eigenvalue weighted by molar-refractivity contribution is 5.04. The van der Waals surface area contributed by atoms with Gasteiger partial charge in [0.15, 0.2) is 12.4 Å². The van der Waals surface area contributed by atoms with Crippen molar-refractivity contribution >= 4 is 0 Å². The SMILES string of the molecule is N[C@H](CO)[C@H]1O[C@@]2(O[C@@H]3[C@H](OC4[C@@H](O)[C@H](N)C[C@H](N)[C@H]4O)O[C@H](CO)[C@H](O)[C@@H]3O2)[C@H](O)[C@H](O)[C@@H]1O. The van der Waals surface area contributed by atoms with Crippen molar-refractivity contribution in [1.29, 1.82) is 0 Å². The molecule has 16 heteroatoms. The molecule has 0 radical (unpaired) electrons. The molecule has 204 valence electrons. The van der Waals surface area contributed by atoms with Crippen LogP contribution < -0.4 is 17.2 Å². The van der Waals surface area contributed by atoms with Gasteiger partial charge in [0.05, 0.1) is 31.5 Å². The van der Waals surface area contributed by atoms with Crippen molar-refractivity contribution in [3.05, 3.63) is 0 Å². The molecule has 3 aliphatic heterocycles. The van der Waals surface area contributed by atoms with Crippen molar-refractivity contribution in [2.24, 2.45) is 17.2 Å². The number of aliphatic hydroxyl groups is 8. The maximum absolute atomic E-state index is 10.7. The number of nitrogens with two attached hydrogens (primary N) is 3. The van der Waals surface area contributed by atoms with E-state index < -0.39 is 111 Å². The normalized spacial score (nSPS) is 55.6. The molecular formula is C19H35N3O13. The van der Waals surface area contributed by atoms with E-state index in [2.05, 4.69) is 0 Å². The third-order valence-corrected chi connectivity index (χ3v) is 7.09. The summed E-state index contributed by atoms with van der Waals surface area (Å²) in [7, 11) is 0. The van der Waals surface area contributed by atoms with Gasteiger partial charge in [0.1, 0.15) is 48.8 Å². The highest BCUT2D eigenvalue weighted by Crippen LogP contribution is 2.45. The molecule has 1 spiro atoms. The standard InChI is InChI=1S/C19H35N3O13/c20-4-1-5(21)9(26)14(8(4)25)32-18-16-15(10(27)7(3-24)31-18)34-19(35-16)17(30)12(29)11(28)13(33-19)6(22)2-23/h4-18,23-30H,1-3,20-22H2/t4-,5+,6-,7-,8+,9-,10+,11+,12-,13-,14?,15+,16+,17-,18+,19+/m1/s1. The fraction of sp³-hybridized carbons (Fsp3) is 1.00. The summed E-state index contributed by atoms with van der Waals surface area (Å²) in [4.78, 5) is 0. The molecule has 4 aliphatic rings. The molecule has 1 unspecified atom stereocenters. The maximum Gasteiger partial charge on any atom is 0.314 e. The van der Waals surface area contributed by atoms with Gasteiger partial charge in [0.2, 0.25) is 0 Å². The van der Waals surface area contributed by atoms with Crippen LogP contribution in [0.1, 0.15) is 6.42 Å². The van der Waals surface area contributed by atoms with Crippen LogP contribution in [0.2, 0.25) is 0 Å². The molecule has 35 heavy (non-hydrogen) atoms. The van der Waals surface area contributed by atoms with Crippen LogP contribution in [0.3, 0.4) is 0 Å². The van der Waals surface area contributed by atoms with E-state index in [0.717, 1.165) is 0 Å². The van der Waals surface area contributed by atoms with Crippen molar-refractivity contribution in [2.75, 3.05) is 13.2 Å². The summed E-state index contributed by atoms with van der Waals surface area (Å²) in [5.74, 6) is -2.49. The minimum Gasteiger partial charge on any atom is -0.395 e. The molecule has 0 aromatic carbocycles. The molecule has 3 heterocycles. The molecule has 0 amide bonds. The Morgan fingerprint density at radius 2 is 1.43 bits per heavy atom. The van der Waals surface area contributed by atoms with Gasteiger partial charge in [-0.3, -0.25) is 0 Å². The smallest absolute Gasteiger partial charge is 0.314 e. The number of hydrogen-bond donors (Lipinski definition) is 11. The predicted octanol–water partition coefficient (Wildman–Crippen LogP) is -7.53. The van der Waals surface area contributed by atoms with Gasteiger partial charge in [-0.15, -0.1) is 0 Å². The molecule has 4 fully saturated rings. The van der Waals surface area contributed by atoms with Crippen LogP contribution in [-0.4, -0.2) is 152 Å². The largest absolute Gasteiger partial charge is 0.395 e. The van der Waals surface area contributed by atoms with Crippen LogP contribution in [0.5, 0.6) is 0 Å². The van der Waals surface area contributed by atoms with Gasteiger partial charge in [0.25, 0.3) is 0 Å². The molecule has 0 bridgehead atoms. The number of hydrogen-bond acceptors (Lipinski definition) is 16. The first-order valence-electron chi connectivity index (χ1n) is 11.4. The molecular weight excluding hydrogens is 478 g/mol. The van der Waals surface area contributed by atoms with E-state index in [1.807, 2.05) is 0 Å². The van der Waals surface area contributed by atoms with Crippen molar-refractivity contribution in [3.8, 4) is 0 Å². The number of fused-ring (bicyclic) bond motifs is 1. The molecule has 16 atom stereocenters. The number of rotatable bonds is 5. The Morgan fingerprint density at radius 3 is 2.00 bits per heavy atom. The van der Waals surface area contributed by atoms with Crippen LogP contribution >= 0.6 is 0 Å². The summed E-state index contributed by atoms with van der Waals surface area (Å²) in [5.41, 5.74) is 17.5. The Balaban J connectivity index is 1.62. The highest BCUT2D eigenvalue weighted by Gasteiger charge is 2.67. The summed E-state index contributed by atoms with van der Waals surface area (Å²) in [6, 6.07) is -2.87. The minimum absolute atomic E-state index is 0.118. The Bertz CT molecular complexity index is 726. The second kappa shape index (κ2) is 10.3. The molecule has 0 aromatic rings. The minimum atomic E-state index is -2.49. The van der Waals surface area contributed by atoms with Crippen LogP contribution in [0.15, 0.2) is 0 Å². The van der Waals surface area contributed by atoms with Crippen LogP contribution in [0, 0.1) is 0 Å². The number of ether oxygens (including phenoxy) is 5. The molecule has 4 rings (SSSR count). The molecule has 1 saturated carbocycles. The summed E-state index contributed by atoms with van der Waals surface area (Å²) < 4.78 is 28.5. The van der Waals surface area contributed by atoms with Gasteiger partial charge in [-0.25, -0.2) is 0 Å². The maximum atomic E-state index is 10.7. The summed E-state index contributed by atoms with van der Waals surface area (Å²) in [6.45, 7) is -1.35. The monoisotopic (exact) mass is 513 g/mol. The van der Waals surface area contributed by atoms with Gasteiger partial charge in [-0.05, 0) is 6.42 Å². The Labute approximate surface area is 199 Å². The van der Waals surface area contributed by atoms with E-state index in [0.29, 0.717) is 0 Å². The lowest BCUT2D eigenvalue weighted by atomic mass is 9.84. The summed E-state index contributed by atoms with van der Waals surface area (Å²) in [6.07, 6.45) is -18.2. The van der Waals surface area contributed by atoms with Crippen LogP contribution in [0.4, 0.5) is 0 Å². The Kier molecular flexibility index (Phi) is 8.03. The van der Waals surface area contributed by atoms with E-state index >= 15 is 0 Å². The lowest BCUT2D eigenvalue weighted by Crippen LogP contribution is -2.69. The van der Waals surface area contributed by atoms with E-state index in [9.17, 15) is 40.9 Å². The lowest BCUT2D eigenvalue weighted by Gasteiger charge is -2.46. The van der Waals surface area contributed by atoms with Crippen LogP contribution in [-0.2, 0) is 23.7 Å². The highest BCUT2D eigenvalue weighted by atomic mass is 16.9. The Morgan fingerprint density at radius 1 is 0.829 bits per heavy atom. The second-order valence-corrected chi connectivity index (χ2v) is 9.48. The van der Waals surface area contributed by atoms with Crippen molar-refractivity contribution in [3.63, 3.8) is 0 Å². The van der Waals surface area contributed by atoms with Gasteiger partial charge >= 0.3 is 5.97 Å². The third-order valence-electron chi connectivity index (χ3n) is 7.09. The number of aliphatic hydroxyl groups excluding tert-OH is 8. The fourth-order valence-corrected chi connectivity index (χ4v) is 4.98. The third kappa shape index (κ3) is 4.61. The van der Waals surface area contributed by atoms with Gasteiger partial charge < -0.3 is 81.7 Å². The van der Waals surface area contributed by atoms with E-state index in [1.165, 1.54) is 0 Å². The first-order chi connectivity index (χ1) is 16.5. The van der Waals surface area contributed by atoms with E-state index in [1.54, 1.807) is 0 Å². The fourth-order valence-electron chi connectivity index (χ4n) is 4.98. The zero-order chi connectivity index (χ0) is 25.8. The lowest BCUT2D eigenvalue weighted by molar-refractivity contribution is -0.439.